The number of hydrogen-bond donors (Lipinski definition) is 1. The number of aromatic amines is 1. The van der Waals surface area contributed by atoms with Gasteiger partial charge in [-0.25, -0.2) is 4.68 Å². The van der Waals surface area contributed by atoms with Gasteiger partial charge in [0.05, 0.1) is 11.6 Å². The van der Waals surface area contributed by atoms with E-state index in [2.05, 4.69) is 19.9 Å². The minimum atomic E-state index is -0.0912. The maximum atomic E-state index is 12.7. The molecule has 0 amide bonds. The molecule has 2 aliphatic carbocycles. The molecule has 128 valence electrons. The van der Waals surface area contributed by atoms with E-state index in [1.54, 1.807) is 6.20 Å². The van der Waals surface area contributed by atoms with Crippen molar-refractivity contribution in [3.8, 4) is 0 Å². The normalized spacial score (nSPS) is 25.0. The summed E-state index contributed by atoms with van der Waals surface area (Å²) in [6, 6.07) is 7.94. The number of aromatic nitrogens is 5. The Kier molecular flexibility index (Phi) is 3.38. The van der Waals surface area contributed by atoms with Crippen LogP contribution >= 0.6 is 12.2 Å². The van der Waals surface area contributed by atoms with Crippen LogP contribution in [0.15, 0.2) is 35.3 Å². The van der Waals surface area contributed by atoms with Crippen molar-refractivity contribution in [1.82, 2.24) is 24.5 Å². The van der Waals surface area contributed by atoms with Crippen molar-refractivity contribution < 1.29 is 0 Å². The molecule has 3 aromatic rings. The molecule has 0 unspecified atom stereocenters. The summed E-state index contributed by atoms with van der Waals surface area (Å²) in [6.07, 6.45) is 6.82. The molecule has 1 N–H and O–H groups in total. The molecule has 0 saturated heterocycles. The van der Waals surface area contributed by atoms with Crippen molar-refractivity contribution >= 4 is 23.0 Å². The highest BCUT2D eigenvalue weighted by Crippen LogP contribution is 2.50. The topological polar surface area (TPSA) is 68.5 Å². The molecular formula is C18H19N5OS. The van der Waals surface area contributed by atoms with Gasteiger partial charge in [0.2, 0.25) is 0 Å². The van der Waals surface area contributed by atoms with Gasteiger partial charge in [0.1, 0.15) is 6.54 Å². The lowest BCUT2D eigenvalue weighted by Crippen LogP contribution is -2.26. The third kappa shape index (κ3) is 2.37. The van der Waals surface area contributed by atoms with E-state index in [4.69, 9.17) is 12.2 Å². The Labute approximate surface area is 149 Å². The zero-order chi connectivity index (χ0) is 17.0. The molecule has 2 aromatic heterocycles. The molecule has 0 aliphatic heterocycles. The highest BCUT2D eigenvalue weighted by molar-refractivity contribution is 7.71. The predicted octanol–water partition coefficient (Wildman–Crippen LogP) is 3.06. The third-order valence-corrected chi connectivity index (χ3v) is 6.15. The summed E-state index contributed by atoms with van der Waals surface area (Å²) in [7, 11) is 0. The Morgan fingerprint density at radius 2 is 2.12 bits per heavy atom. The van der Waals surface area contributed by atoms with Gasteiger partial charge < -0.3 is 0 Å². The summed E-state index contributed by atoms with van der Waals surface area (Å²) in [5, 5.41) is 13.2. The van der Waals surface area contributed by atoms with E-state index >= 15 is 0 Å². The molecule has 7 heteroatoms. The second-order valence-electron chi connectivity index (χ2n) is 7.25. The Morgan fingerprint density at radius 3 is 2.92 bits per heavy atom. The summed E-state index contributed by atoms with van der Waals surface area (Å²) in [4.78, 5) is 12.7. The van der Waals surface area contributed by atoms with Crippen LogP contribution in [0.4, 0.5) is 0 Å². The second-order valence-corrected chi connectivity index (χ2v) is 7.64. The fourth-order valence-corrected chi connectivity index (χ4v) is 4.98. The van der Waals surface area contributed by atoms with Crippen LogP contribution < -0.4 is 5.56 Å². The molecule has 2 fully saturated rings. The quantitative estimate of drug-likeness (QED) is 0.735. The van der Waals surface area contributed by atoms with Crippen molar-refractivity contribution in [2.75, 3.05) is 0 Å². The van der Waals surface area contributed by atoms with Gasteiger partial charge in [-0.2, -0.15) is 10.2 Å². The van der Waals surface area contributed by atoms with Crippen LogP contribution in [-0.4, -0.2) is 24.5 Å². The van der Waals surface area contributed by atoms with Crippen LogP contribution in [0.25, 0.3) is 10.8 Å². The Morgan fingerprint density at radius 1 is 1.24 bits per heavy atom. The Hall–Kier alpha value is -2.28. The largest absolute Gasteiger partial charge is 0.299 e. The molecule has 3 atom stereocenters. The molecular weight excluding hydrogens is 334 g/mol. The summed E-state index contributed by atoms with van der Waals surface area (Å²) in [5.74, 6) is 2.31. The number of fused-ring (bicyclic) bond motifs is 3. The standard InChI is InChI=1S/C18H19N5OS/c24-17-14-4-2-1-3-13(14)9-19-22(17)10-16-20-21-18(25)23(16)15-8-11-5-6-12(15)7-11/h1-4,9,11-12,15H,5-8,10H2,(H,21,25)/t11-,12-,15+/m1/s1. The molecule has 2 bridgehead atoms. The number of nitrogens with one attached hydrogen (secondary N) is 1. The van der Waals surface area contributed by atoms with E-state index in [9.17, 15) is 4.79 Å². The van der Waals surface area contributed by atoms with Crippen LogP contribution in [0.5, 0.6) is 0 Å². The minimum Gasteiger partial charge on any atom is -0.299 e. The molecule has 5 rings (SSSR count). The lowest BCUT2D eigenvalue weighted by Gasteiger charge is -2.24. The average Bonchev–Trinajstić information content (AvgIpc) is 3.33. The first-order chi connectivity index (χ1) is 12.2. The number of rotatable bonds is 3. The van der Waals surface area contributed by atoms with Gasteiger partial charge in [-0.15, -0.1) is 0 Å². The van der Waals surface area contributed by atoms with Gasteiger partial charge >= 0.3 is 0 Å². The predicted molar refractivity (Wildman–Crippen MR) is 97.0 cm³/mol. The Balaban J connectivity index is 1.55. The molecule has 2 saturated carbocycles. The van der Waals surface area contributed by atoms with Crippen molar-refractivity contribution in [3.63, 3.8) is 0 Å². The molecule has 1 aromatic carbocycles. The smallest absolute Gasteiger partial charge is 0.275 e. The Bertz CT molecular complexity index is 1070. The van der Waals surface area contributed by atoms with E-state index in [-0.39, 0.29) is 5.56 Å². The fourth-order valence-electron chi connectivity index (χ4n) is 4.69. The summed E-state index contributed by atoms with van der Waals surface area (Å²) in [6.45, 7) is 0.338. The van der Waals surface area contributed by atoms with Gasteiger partial charge in [0.25, 0.3) is 5.56 Å². The van der Waals surface area contributed by atoms with Crippen molar-refractivity contribution in [3.05, 3.63) is 51.4 Å². The van der Waals surface area contributed by atoms with Gasteiger partial charge in [0, 0.05) is 11.4 Å². The monoisotopic (exact) mass is 353 g/mol. The number of nitrogens with zero attached hydrogens (tertiary/aromatic N) is 4. The van der Waals surface area contributed by atoms with Crippen LogP contribution in [0.3, 0.4) is 0 Å². The summed E-state index contributed by atoms with van der Waals surface area (Å²) < 4.78 is 4.28. The zero-order valence-electron chi connectivity index (χ0n) is 13.8. The number of hydrogen-bond acceptors (Lipinski definition) is 4. The zero-order valence-corrected chi connectivity index (χ0v) is 14.6. The second kappa shape index (κ2) is 5.62. The van der Waals surface area contributed by atoms with E-state index in [0.29, 0.717) is 28.7 Å². The first-order valence-corrected chi connectivity index (χ1v) is 9.22. The van der Waals surface area contributed by atoms with Crippen molar-refractivity contribution in [1.29, 1.82) is 0 Å². The van der Waals surface area contributed by atoms with Gasteiger partial charge in [-0.05, 0) is 49.4 Å². The van der Waals surface area contributed by atoms with E-state index in [1.165, 1.54) is 30.4 Å². The molecule has 0 radical (unpaired) electrons. The maximum Gasteiger partial charge on any atom is 0.275 e. The van der Waals surface area contributed by atoms with Crippen LogP contribution in [-0.2, 0) is 6.54 Å². The van der Waals surface area contributed by atoms with Crippen molar-refractivity contribution in [2.24, 2.45) is 11.8 Å². The lowest BCUT2D eigenvalue weighted by molar-refractivity contribution is 0.317. The van der Waals surface area contributed by atoms with E-state index < -0.39 is 0 Å². The highest BCUT2D eigenvalue weighted by atomic mass is 32.1. The molecule has 0 spiro atoms. The van der Waals surface area contributed by atoms with Crippen LogP contribution in [0, 0.1) is 16.6 Å². The molecule has 2 heterocycles. The summed E-state index contributed by atoms with van der Waals surface area (Å²) in [5.41, 5.74) is -0.0912. The van der Waals surface area contributed by atoms with Crippen LogP contribution in [0.2, 0.25) is 0 Å². The molecule has 2 aliphatic rings. The first-order valence-electron chi connectivity index (χ1n) is 8.81. The van der Waals surface area contributed by atoms with E-state index in [1.807, 2.05) is 24.3 Å². The van der Waals surface area contributed by atoms with Gasteiger partial charge in [-0.3, -0.25) is 14.5 Å². The van der Waals surface area contributed by atoms with Gasteiger partial charge in [0.15, 0.2) is 10.6 Å². The lowest BCUT2D eigenvalue weighted by atomic mass is 9.95. The summed E-state index contributed by atoms with van der Waals surface area (Å²) >= 11 is 5.49. The number of H-pyrrole nitrogens is 1. The first kappa shape index (κ1) is 15.0. The third-order valence-electron chi connectivity index (χ3n) is 5.86. The highest BCUT2D eigenvalue weighted by Gasteiger charge is 2.41. The minimum absolute atomic E-state index is 0.0912. The number of benzene rings is 1. The SMILES string of the molecule is O=c1c2ccccc2cnn1Cc1n[nH]c(=S)n1[C@H]1C[C@@H]2CC[C@@H]1C2. The average molecular weight is 353 g/mol. The van der Waals surface area contributed by atoms with Crippen LogP contribution in [0.1, 0.15) is 37.5 Å². The van der Waals surface area contributed by atoms with E-state index in [0.717, 1.165) is 17.1 Å². The maximum absolute atomic E-state index is 12.7. The van der Waals surface area contributed by atoms with Crippen molar-refractivity contribution in [2.45, 2.75) is 38.3 Å². The van der Waals surface area contributed by atoms with Gasteiger partial charge in [-0.1, -0.05) is 24.6 Å². The molecule has 6 nitrogen and oxygen atoms in total. The fraction of sp³-hybridized carbons (Fsp3) is 0.444. The molecule has 25 heavy (non-hydrogen) atoms.